The summed E-state index contributed by atoms with van der Waals surface area (Å²) in [5.74, 6) is 0.0745. The Balaban J connectivity index is 1.27. The quantitative estimate of drug-likeness (QED) is 0.403. The first-order valence-electron chi connectivity index (χ1n) is 11.7. The van der Waals surface area contributed by atoms with E-state index in [1.165, 1.54) is 5.56 Å². The zero-order chi connectivity index (χ0) is 24.4. The highest BCUT2D eigenvalue weighted by Gasteiger charge is 2.45. The molecule has 3 atom stereocenters. The number of benzene rings is 2. The van der Waals surface area contributed by atoms with Crippen molar-refractivity contribution >= 4 is 34.9 Å². The highest BCUT2D eigenvalue weighted by molar-refractivity contribution is 6.30. The molecule has 3 aromatic rings. The highest BCUT2D eigenvalue weighted by atomic mass is 35.5. The second-order valence-electron chi connectivity index (χ2n) is 8.84. The van der Waals surface area contributed by atoms with Gasteiger partial charge in [0.15, 0.2) is 6.29 Å². The van der Waals surface area contributed by atoms with Gasteiger partial charge in [-0.3, -0.25) is 19.9 Å². The molecule has 10 heteroatoms. The van der Waals surface area contributed by atoms with Crippen LogP contribution in [0.5, 0.6) is 0 Å². The third-order valence-corrected chi connectivity index (χ3v) is 6.52. The van der Waals surface area contributed by atoms with E-state index in [0.717, 1.165) is 24.2 Å². The standard InChI is InChI=1S/C25H28ClN7O2/c1-16-14-21(28-22(34)9-5-8-17-6-3-2-4-7-17)33(31-16)25-29-23-20(24(35)30-25)15-27-32(23)19-12-10-18(26)11-13-19/h2-4,6-7,10-14,20,23,25,27,29H,5,8-9,15H2,1H3,(H,28,34)(H,30,35). The van der Waals surface area contributed by atoms with Gasteiger partial charge in [0.2, 0.25) is 11.8 Å². The van der Waals surface area contributed by atoms with Crippen LogP contribution in [-0.4, -0.2) is 34.3 Å². The molecule has 0 spiro atoms. The maximum Gasteiger partial charge on any atom is 0.230 e. The van der Waals surface area contributed by atoms with Crippen molar-refractivity contribution in [3.63, 3.8) is 0 Å². The van der Waals surface area contributed by atoms with Gasteiger partial charge < -0.3 is 10.6 Å². The number of nitrogens with zero attached hydrogens (tertiary/aromatic N) is 3. The van der Waals surface area contributed by atoms with E-state index in [1.807, 2.05) is 54.4 Å². The molecule has 35 heavy (non-hydrogen) atoms. The molecule has 1 aromatic heterocycles. The Morgan fingerprint density at radius 2 is 1.94 bits per heavy atom. The van der Waals surface area contributed by atoms with Crippen molar-refractivity contribution in [3.05, 3.63) is 76.9 Å². The molecule has 2 aliphatic rings. The van der Waals surface area contributed by atoms with E-state index < -0.39 is 6.29 Å². The first kappa shape index (κ1) is 23.3. The third kappa shape index (κ3) is 5.17. The first-order chi connectivity index (χ1) is 17.0. The molecule has 9 nitrogen and oxygen atoms in total. The summed E-state index contributed by atoms with van der Waals surface area (Å²) in [5.41, 5.74) is 6.13. The number of aromatic nitrogens is 2. The fourth-order valence-electron chi connectivity index (χ4n) is 4.55. The molecule has 5 rings (SSSR count). The van der Waals surface area contributed by atoms with Gasteiger partial charge in [-0.05, 0) is 49.6 Å². The van der Waals surface area contributed by atoms with Crippen LogP contribution in [-0.2, 0) is 16.0 Å². The molecule has 2 fully saturated rings. The van der Waals surface area contributed by atoms with Gasteiger partial charge >= 0.3 is 0 Å². The number of aryl methyl sites for hydroxylation is 2. The predicted molar refractivity (Wildman–Crippen MR) is 135 cm³/mol. The van der Waals surface area contributed by atoms with Crippen LogP contribution in [0.4, 0.5) is 11.5 Å². The van der Waals surface area contributed by atoms with Crippen molar-refractivity contribution < 1.29 is 9.59 Å². The number of amides is 2. The fraction of sp³-hybridized carbons (Fsp3) is 0.320. The van der Waals surface area contributed by atoms with Gasteiger partial charge in [-0.25, -0.2) is 10.1 Å². The van der Waals surface area contributed by atoms with Crippen LogP contribution in [0.15, 0.2) is 60.7 Å². The van der Waals surface area contributed by atoms with Crippen LogP contribution >= 0.6 is 11.6 Å². The lowest BCUT2D eigenvalue weighted by Gasteiger charge is -2.37. The summed E-state index contributed by atoms with van der Waals surface area (Å²) in [7, 11) is 0. The summed E-state index contributed by atoms with van der Waals surface area (Å²) >= 11 is 6.04. The Bertz CT molecular complexity index is 1200. The van der Waals surface area contributed by atoms with E-state index in [-0.39, 0.29) is 23.9 Å². The number of fused-ring (bicyclic) bond motifs is 1. The molecule has 2 amide bonds. The van der Waals surface area contributed by atoms with Crippen LogP contribution in [0.3, 0.4) is 0 Å². The Morgan fingerprint density at radius 3 is 2.71 bits per heavy atom. The van der Waals surface area contributed by atoms with Gasteiger partial charge in [0.1, 0.15) is 12.0 Å². The van der Waals surface area contributed by atoms with Crippen LogP contribution in [0.1, 0.15) is 30.4 Å². The number of hydrogen-bond donors (Lipinski definition) is 4. The molecule has 4 N–H and O–H groups in total. The van der Waals surface area contributed by atoms with Gasteiger partial charge in [-0.15, -0.1) is 0 Å². The van der Waals surface area contributed by atoms with Gasteiger partial charge in [-0.1, -0.05) is 41.9 Å². The monoisotopic (exact) mass is 493 g/mol. The van der Waals surface area contributed by atoms with Crippen LogP contribution < -0.4 is 26.4 Å². The molecule has 2 aliphatic heterocycles. The van der Waals surface area contributed by atoms with Crippen molar-refractivity contribution in [3.8, 4) is 0 Å². The summed E-state index contributed by atoms with van der Waals surface area (Å²) in [5, 5.41) is 16.5. The minimum Gasteiger partial charge on any atom is -0.321 e. The number of hydrogen-bond acceptors (Lipinski definition) is 6. The smallest absolute Gasteiger partial charge is 0.230 e. The summed E-state index contributed by atoms with van der Waals surface area (Å²) < 4.78 is 1.62. The molecule has 0 aliphatic carbocycles. The number of hydrazine groups is 1. The Morgan fingerprint density at radius 1 is 1.17 bits per heavy atom. The lowest BCUT2D eigenvalue weighted by molar-refractivity contribution is -0.129. The first-order valence-corrected chi connectivity index (χ1v) is 12.1. The minimum absolute atomic E-state index is 0.0870. The van der Waals surface area contributed by atoms with Crippen LogP contribution in [0, 0.1) is 12.8 Å². The van der Waals surface area contributed by atoms with E-state index in [2.05, 4.69) is 38.6 Å². The van der Waals surface area contributed by atoms with E-state index in [9.17, 15) is 9.59 Å². The fourth-order valence-corrected chi connectivity index (χ4v) is 4.68. The second kappa shape index (κ2) is 10.1. The van der Waals surface area contributed by atoms with Gasteiger partial charge in [-0.2, -0.15) is 5.10 Å². The molecule has 0 saturated carbocycles. The molecule has 3 heterocycles. The topological polar surface area (TPSA) is 103 Å². The molecule has 3 unspecified atom stereocenters. The second-order valence-corrected chi connectivity index (χ2v) is 9.28. The highest BCUT2D eigenvalue weighted by Crippen LogP contribution is 2.28. The van der Waals surface area contributed by atoms with Crippen molar-refractivity contribution in [1.82, 2.24) is 25.8 Å². The molecular formula is C25H28ClN7O2. The molecular weight excluding hydrogens is 466 g/mol. The summed E-state index contributed by atoms with van der Waals surface area (Å²) in [6.07, 6.45) is 1.05. The number of carbonyl (C=O) groups is 2. The van der Waals surface area contributed by atoms with Crippen molar-refractivity contribution in [2.45, 2.75) is 38.6 Å². The molecule has 0 bridgehead atoms. The summed E-state index contributed by atoms with van der Waals surface area (Å²) in [6, 6.07) is 19.3. The average Bonchev–Trinajstić information content (AvgIpc) is 3.44. The SMILES string of the molecule is Cc1cc(NC(=O)CCCc2ccccc2)n(C2NC(=O)C3CNN(c4ccc(Cl)cc4)C3N2)n1. The zero-order valence-corrected chi connectivity index (χ0v) is 20.1. The van der Waals surface area contributed by atoms with E-state index in [4.69, 9.17) is 11.6 Å². The molecule has 2 saturated heterocycles. The number of halogens is 1. The van der Waals surface area contributed by atoms with Crippen molar-refractivity contribution in [2.24, 2.45) is 5.92 Å². The van der Waals surface area contributed by atoms with Crippen LogP contribution in [0.2, 0.25) is 5.02 Å². The Labute approximate surface area is 208 Å². The maximum absolute atomic E-state index is 12.9. The molecule has 2 aromatic carbocycles. The molecule has 0 radical (unpaired) electrons. The lowest BCUT2D eigenvalue weighted by atomic mass is 10.0. The maximum atomic E-state index is 12.9. The minimum atomic E-state index is -0.619. The molecule has 182 valence electrons. The van der Waals surface area contributed by atoms with Crippen LogP contribution in [0.25, 0.3) is 0 Å². The Hall–Kier alpha value is -3.40. The number of carbonyl (C=O) groups excluding carboxylic acids is 2. The number of anilines is 2. The predicted octanol–water partition coefficient (Wildman–Crippen LogP) is 2.95. The van der Waals surface area contributed by atoms with Crippen molar-refractivity contribution in [1.29, 1.82) is 0 Å². The normalized spacial score (nSPS) is 21.5. The zero-order valence-electron chi connectivity index (χ0n) is 19.4. The van der Waals surface area contributed by atoms with E-state index >= 15 is 0 Å². The van der Waals surface area contributed by atoms with E-state index in [0.29, 0.717) is 23.8 Å². The van der Waals surface area contributed by atoms with Gasteiger partial charge in [0.25, 0.3) is 0 Å². The Kier molecular flexibility index (Phi) is 6.72. The average molecular weight is 494 g/mol. The number of nitrogens with one attached hydrogen (secondary N) is 4. The van der Waals surface area contributed by atoms with E-state index in [1.54, 1.807) is 10.7 Å². The van der Waals surface area contributed by atoms with Gasteiger partial charge in [0.05, 0.1) is 17.3 Å². The third-order valence-electron chi connectivity index (χ3n) is 6.27. The number of rotatable bonds is 7. The lowest BCUT2D eigenvalue weighted by Crippen LogP contribution is -2.61. The largest absolute Gasteiger partial charge is 0.321 e. The summed E-state index contributed by atoms with van der Waals surface area (Å²) in [4.78, 5) is 25.6. The summed E-state index contributed by atoms with van der Waals surface area (Å²) in [6.45, 7) is 2.36. The van der Waals surface area contributed by atoms with Gasteiger partial charge in [0, 0.05) is 24.1 Å². The van der Waals surface area contributed by atoms with Crippen molar-refractivity contribution in [2.75, 3.05) is 16.9 Å².